The van der Waals surface area contributed by atoms with Crippen molar-refractivity contribution in [1.29, 1.82) is 0 Å². The Bertz CT molecular complexity index is 927. The Morgan fingerprint density at radius 3 is 2.61 bits per heavy atom. The SMILES string of the molecule is CC(=O)N1CCCCC(O)(CN2CCN(c3ccc4ncnc(N(C)C)c4c3)CC2)C1. The third-order valence-electron chi connectivity index (χ3n) is 6.53. The third-order valence-corrected chi connectivity index (χ3v) is 6.53. The molecule has 1 aromatic heterocycles. The number of hydrogen-bond donors (Lipinski definition) is 1. The Balaban J connectivity index is 1.42. The van der Waals surface area contributed by atoms with Gasteiger partial charge in [0.2, 0.25) is 5.91 Å². The number of carbonyl (C=O) groups is 1. The number of aliphatic hydroxyl groups is 1. The number of carbonyl (C=O) groups excluding carboxylic acids is 1. The van der Waals surface area contributed by atoms with E-state index in [1.165, 1.54) is 5.69 Å². The van der Waals surface area contributed by atoms with Gasteiger partial charge in [0.25, 0.3) is 0 Å². The predicted molar refractivity (Wildman–Crippen MR) is 124 cm³/mol. The van der Waals surface area contributed by atoms with E-state index in [-0.39, 0.29) is 5.91 Å². The normalized spacial score (nSPS) is 23.1. The minimum Gasteiger partial charge on any atom is -0.387 e. The van der Waals surface area contributed by atoms with Gasteiger partial charge in [-0.2, -0.15) is 0 Å². The van der Waals surface area contributed by atoms with Crippen molar-refractivity contribution in [1.82, 2.24) is 19.8 Å². The van der Waals surface area contributed by atoms with E-state index in [1.54, 1.807) is 13.3 Å². The standard InChI is InChI=1S/C23H34N6O2/c1-18(30)29-9-5-4-8-23(31,16-29)15-27-10-12-28(13-11-27)19-6-7-21-20(14-19)22(26(2)3)25-17-24-21/h6-7,14,17,31H,4-5,8-13,15-16H2,1-3H3. The molecule has 1 atom stereocenters. The van der Waals surface area contributed by atoms with Gasteiger partial charge in [0.1, 0.15) is 12.1 Å². The first kappa shape index (κ1) is 21.8. The molecule has 0 radical (unpaired) electrons. The Labute approximate surface area is 184 Å². The number of piperazine rings is 1. The minimum absolute atomic E-state index is 0.0579. The molecule has 2 saturated heterocycles. The molecule has 1 aromatic carbocycles. The lowest BCUT2D eigenvalue weighted by Gasteiger charge is -2.41. The van der Waals surface area contributed by atoms with E-state index in [9.17, 15) is 9.90 Å². The molecule has 0 aliphatic carbocycles. The van der Waals surface area contributed by atoms with Crippen LogP contribution in [0, 0.1) is 0 Å². The van der Waals surface area contributed by atoms with Crippen LogP contribution < -0.4 is 9.80 Å². The summed E-state index contributed by atoms with van der Waals surface area (Å²) in [5.41, 5.74) is 1.32. The van der Waals surface area contributed by atoms with Gasteiger partial charge in [0, 0.05) is 71.4 Å². The number of likely N-dealkylation sites (tertiary alicyclic amines) is 1. The van der Waals surface area contributed by atoms with Crippen LogP contribution in [0.15, 0.2) is 24.5 Å². The maximum Gasteiger partial charge on any atom is 0.219 e. The van der Waals surface area contributed by atoms with Crippen LogP contribution in [0.1, 0.15) is 26.2 Å². The molecule has 1 N–H and O–H groups in total. The zero-order chi connectivity index (χ0) is 22.0. The summed E-state index contributed by atoms with van der Waals surface area (Å²) in [5, 5.41) is 12.3. The van der Waals surface area contributed by atoms with Gasteiger partial charge in [-0.3, -0.25) is 9.69 Å². The van der Waals surface area contributed by atoms with Gasteiger partial charge in [-0.1, -0.05) is 0 Å². The molecule has 4 rings (SSSR count). The van der Waals surface area contributed by atoms with E-state index < -0.39 is 5.60 Å². The molecule has 2 aliphatic heterocycles. The van der Waals surface area contributed by atoms with Crippen molar-refractivity contribution in [2.75, 3.05) is 69.7 Å². The van der Waals surface area contributed by atoms with Crippen LogP contribution in [0.25, 0.3) is 10.9 Å². The van der Waals surface area contributed by atoms with Crippen LogP contribution in [0.2, 0.25) is 0 Å². The van der Waals surface area contributed by atoms with Crippen molar-refractivity contribution in [2.45, 2.75) is 31.8 Å². The highest BCUT2D eigenvalue weighted by atomic mass is 16.3. The maximum atomic E-state index is 11.9. The Morgan fingerprint density at radius 2 is 1.90 bits per heavy atom. The number of anilines is 2. The van der Waals surface area contributed by atoms with E-state index in [2.05, 4.69) is 38.0 Å². The molecule has 2 aliphatic rings. The molecule has 1 amide bonds. The molecule has 0 spiro atoms. The van der Waals surface area contributed by atoms with Crippen LogP contribution in [-0.4, -0.2) is 96.3 Å². The van der Waals surface area contributed by atoms with Gasteiger partial charge in [-0.15, -0.1) is 0 Å². The first-order valence-corrected chi connectivity index (χ1v) is 11.2. The maximum absolute atomic E-state index is 11.9. The number of rotatable bonds is 4. The van der Waals surface area contributed by atoms with E-state index in [0.717, 1.165) is 68.7 Å². The molecule has 31 heavy (non-hydrogen) atoms. The summed E-state index contributed by atoms with van der Waals surface area (Å²) in [6.45, 7) is 7.03. The average molecular weight is 427 g/mol. The summed E-state index contributed by atoms with van der Waals surface area (Å²) in [6.07, 6.45) is 4.31. The zero-order valence-corrected chi connectivity index (χ0v) is 18.9. The highest BCUT2D eigenvalue weighted by molar-refractivity contribution is 5.91. The van der Waals surface area contributed by atoms with Gasteiger partial charge in [0.15, 0.2) is 0 Å². The summed E-state index contributed by atoms with van der Waals surface area (Å²) >= 11 is 0. The highest BCUT2D eigenvalue weighted by Crippen LogP contribution is 2.28. The van der Waals surface area contributed by atoms with Crippen molar-refractivity contribution < 1.29 is 9.90 Å². The number of hydrogen-bond acceptors (Lipinski definition) is 7. The second-order valence-electron chi connectivity index (χ2n) is 9.18. The molecule has 0 bridgehead atoms. The summed E-state index contributed by atoms with van der Waals surface area (Å²) in [6, 6.07) is 6.38. The summed E-state index contributed by atoms with van der Waals surface area (Å²) < 4.78 is 0. The third kappa shape index (κ3) is 4.91. The minimum atomic E-state index is -0.814. The van der Waals surface area contributed by atoms with Crippen molar-refractivity contribution >= 4 is 28.3 Å². The molecule has 2 fully saturated rings. The quantitative estimate of drug-likeness (QED) is 0.796. The van der Waals surface area contributed by atoms with Crippen molar-refractivity contribution in [3.8, 4) is 0 Å². The number of β-amino-alcohol motifs (C(OH)–C–C–N with tert-alkyl or cyclic N) is 1. The van der Waals surface area contributed by atoms with Crippen LogP contribution in [0.4, 0.5) is 11.5 Å². The highest BCUT2D eigenvalue weighted by Gasteiger charge is 2.35. The molecular formula is C23H34N6O2. The fourth-order valence-electron chi connectivity index (χ4n) is 4.83. The number of amides is 1. The molecular weight excluding hydrogens is 392 g/mol. The Kier molecular flexibility index (Phi) is 6.29. The van der Waals surface area contributed by atoms with Crippen LogP contribution >= 0.6 is 0 Å². The fourth-order valence-corrected chi connectivity index (χ4v) is 4.83. The van der Waals surface area contributed by atoms with Gasteiger partial charge >= 0.3 is 0 Å². The number of nitrogens with zero attached hydrogens (tertiary/aromatic N) is 6. The molecule has 2 aromatic rings. The number of aromatic nitrogens is 2. The number of fused-ring (bicyclic) bond motifs is 1. The average Bonchev–Trinajstić information content (AvgIpc) is 2.95. The molecule has 3 heterocycles. The second kappa shape index (κ2) is 8.96. The lowest BCUT2D eigenvalue weighted by atomic mass is 9.96. The lowest BCUT2D eigenvalue weighted by Crippen LogP contribution is -2.55. The monoisotopic (exact) mass is 426 g/mol. The van der Waals surface area contributed by atoms with Crippen LogP contribution in [-0.2, 0) is 4.79 Å². The topological polar surface area (TPSA) is 76.0 Å². The van der Waals surface area contributed by atoms with Crippen LogP contribution in [0.5, 0.6) is 0 Å². The van der Waals surface area contributed by atoms with Gasteiger partial charge in [-0.25, -0.2) is 9.97 Å². The first-order chi connectivity index (χ1) is 14.8. The van der Waals surface area contributed by atoms with Crippen molar-refractivity contribution in [3.05, 3.63) is 24.5 Å². The second-order valence-corrected chi connectivity index (χ2v) is 9.18. The zero-order valence-electron chi connectivity index (χ0n) is 18.9. The smallest absolute Gasteiger partial charge is 0.219 e. The Hall–Kier alpha value is -2.45. The summed E-state index contributed by atoms with van der Waals surface area (Å²) in [7, 11) is 4.00. The van der Waals surface area contributed by atoms with Gasteiger partial charge < -0.3 is 19.8 Å². The van der Waals surface area contributed by atoms with Gasteiger partial charge in [0.05, 0.1) is 17.7 Å². The molecule has 1 unspecified atom stereocenters. The van der Waals surface area contributed by atoms with Crippen LogP contribution in [0.3, 0.4) is 0 Å². The molecule has 0 saturated carbocycles. The number of benzene rings is 1. The molecule has 8 nitrogen and oxygen atoms in total. The van der Waals surface area contributed by atoms with Gasteiger partial charge in [-0.05, 0) is 37.5 Å². The summed E-state index contributed by atoms with van der Waals surface area (Å²) in [4.78, 5) is 29.3. The Morgan fingerprint density at radius 1 is 1.13 bits per heavy atom. The predicted octanol–water partition coefficient (Wildman–Crippen LogP) is 1.58. The van der Waals surface area contributed by atoms with E-state index in [1.807, 2.05) is 23.9 Å². The van der Waals surface area contributed by atoms with Crippen molar-refractivity contribution in [3.63, 3.8) is 0 Å². The van der Waals surface area contributed by atoms with E-state index >= 15 is 0 Å². The largest absolute Gasteiger partial charge is 0.387 e. The fraction of sp³-hybridized carbons (Fsp3) is 0.609. The first-order valence-electron chi connectivity index (χ1n) is 11.2. The molecule has 8 heteroatoms. The van der Waals surface area contributed by atoms with Crippen molar-refractivity contribution in [2.24, 2.45) is 0 Å². The van der Waals surface area contributed by atoms with E-state index in [4.69, 9.17) is 0 Å². The summed E-state index contributed by atoms with van der Waals surface area (Å²) in [5.74, 6) is 0.985. The van der Waals surface area contributed by atoms with E-state index in [0.29, 0.717) is 13.1 Å². The lowest BCUT2D eigenvalue weighted by molar-refractivity contribution is -0.132. The molecule has 168 valence electrons.